The van der Waals surface area contributed by atoms with Crippen molar-refractivity contribution in [1.82, 2.24) is 4.90 Å². The monoisotopic (exact) mass is 312 g/mol. The maximum absolute atomic E-state index is 12.7. The van der Waals surface area contributed by atoms with Gasteiger partial charge in [-0.3, -0.25) is 4.79 Å². The molecule has 1 saturated heterocycles. The second-order valence-electron chi connectivity index (χ2n) is 7.42. The van der Waals surface area contributed by atoms with Crippen molar-refractivity contribution in [3.8, 4) is 6.07 Å². The van der Waals surface area contributed by atoms with Crippen LogP contribution in [0.25, 0.3) is 0 Å². The van der Waals surface area contributed by atoms with E-state index in [0.29, 0.717) is 24.6 Å². The van der Waals surface area contributed by atoms with Crippen LogP contribution in [0, 0.1) is 22.7 Å². The third-order valence-corrected chi connectivity index (χ3v) is 5.86. The summed E-state index contributed by atoms with van der Waals surface area (Å²) in [4.78, 5) is 14.5. The summed E-state index contributed by atoms with van der Waals surface area (Å²) >= 11 is 0. The van der Waals surface area contributed by atoms with Gasteiger partial charge in [-0.2, -0.15) is 5.26 Å². The Balaban J connectivity index is 1.73. The molecule has 1 aliphatic heterocycles. The second-order valence-corrected chi connectivity index (χ2v) is 7.42. The van der Waals surface area contributed by atoms with E-state index in [9.17, 15) is 15.2 Å². The first-order valence-corrected chi connectivity index (χ1v) is 8.38. The van der Waals surface area contributed by atoms with Crippen LogP contribution < -0.4 is 0 Å². The zero-order chi connectivity index (χ0) is 16.7. The highest BCUT2D eigenvalue weighted by atomic mass is 16.3. The molecule has 0 spiro atoms. The standard InChI is InChI=1S/C19H24N2O2/c1-14(2)19(13-22)9-10-21(12-19)17(23)15-3-5-16(6-4-15)18(11-20)7-8-18/h3-6,14,22H,7-10,12-13H2,1-2H3. The molecule has 4 nitrogen and oxygen atoms in total. The Morgan fingerprint density at radius 3 is 2.39 bits per heavy atom. The molecular formula is C19H24N2O2. The van der Waals surface area contributed by atoms with Crippen LogP contribution in [0.15, 0.2) is 24.3 Å². The summed E-state index contributed by atoms with van der Waals surface area (Å²) < 4.78 is 0. The van der Waals surface area contributed by atoms with Crippen LogP contribution in [-0.4, -0.2) is 35.6 Å². The van der Waals surface area contributed by atoms with Gasteiger partial charge in [0.05, 0.1) is 18.1 Å². The molecule has 0 bridgehead atoms. The maximum Gasteiger partial charge on any atom is 0.253 e. The fourth-order valence-electron chi connectivity index (χ4n) is 3.56. The molecule has 2 fully saturated rings. The minimum Gasteiger partial charge on any atom is -0.396 e. The normalized spacial score (nSPS) is 25.4. The second kappa shape index (κ2) is 5.65. The van der Waals surface area contributed by atoms with Crippen molar-refractivity contribution < 1.29 is 9.90 Å². The zero-order valence-corrected chi connectivity index (χ0v) is 13.9. The summed E-state index contributed by atoms with van der Waals surface area (Å²) in [5, 5.41) is 19.0. The quantitative estimate of drug-likeness (QED) is 0.929. The van der Waals surface area contributed by atoms with Crippen LogP contribution in [0.4, 0.5) is 0 Å². The highest BCUT2D eigenvalue weighted by Gasteiger charge is 2.45. The molecule has 1 amide bonds. The minimum absolute atomic E-state index is 0.0225. The van der Waals surface area contributed by atoms with Crippen LogP contribution in [0.5, 0.6) is 0 Å². The van der Waals surface area contributed by atoms with Gasteiger partial charge in [0.2, 0.25) is 0 Å². The molecule has 2 aliphatic rings. The molecule has 1 atom stereocenters. The van der Waals surface area contributed by atoms with Gasteiger partial charge in [-0.05, 0) is 42.9 Å². The lowest BCUT2D eigenvalue weighted by molar-refractivity contribution is 0.0650. The Bertz CT molecular complexity index is 640. The smallest absolute Gasteiger partial charge is 0.253 e. The maximum atomic E-state index is 12.7. The van der Waals surface area contributed by atoms with Crippen LogP contribution in [0.3, 0.4) is 0 Å². The number of rotatable bonds is 4. The van der Waals surface area contributed by atoms with Crippen molar-refractivity contribution in [1.29, 1.82) is 5.26 Å². The lowest BCUT2D eigenvalue weighted by Gasteiger charge is -2.31. The van der Waals surface area contributed by atoms with Crippen molar-refractivity contribution in [3.63, 3.8) is 0 Å². The number of aliphatic hydroxyl groups excluding tert-OH is 1. The number of amides is 1. The van der Waals surface area contributed by atoms with E-state index in [-0.39, 0.29) is 23.3 Å². The molecule has 1 aliphatic carbocycles. The fraction of sp³-hybridized carbons (Fsp3) is 0.579. The van der Waals surface area contributed by atoms with Crippen LogP contribution >= 0.6 is 0 Å². The number of carbonyl (C=O) groups excluding carboxylic acids is 1. The van der Waals surface area contributed by atoms with E-state index in [4.69, 9.17) is 0 Å². The van der Waals surface area contributed by atoms with Gasteiger partial charge < -0.3 is 10.0 Å². The highest BCUT2D eigenvalue weighted by molar-refractivity contribution is 5.94. The van der Waals surface area contributed by atoms with Gasteiger partial charge in [0.25, 0.3) is 5.91 Å². The van der Waals surface area contributed by atoms with E-state index in [2.05, 4.69) is 19.9 Å². The fourth-order valence-corrected chi connectivity index (χ4v) is 3.56. The molecule has 1 N–H and O–H groups in total. The third-order valence-electron chi connectivity index (χ3n) is 5.86. The van der Waals surface area contributed by atoms with E-state index < -0.39 is 0 Å². The Labute approximate surface area is 137 Å². The van der Waals surface area contributed by atoms with Gasteiger partial charge >= 0.3 is 0 Å². The van der Waals surface area contributed by atoms with Gasteiger partial charge in [-0.1, -0.05) is 26.0 Å². The first-order valence-electron chi connectivity index (χ1n) is 8.38. The number of carbonyl (C=O) groups is 1. The number of nitrogens with zero attached hydrogens (tertiary/aromatic N) is 2. The summed E-state index contributed by atoms with van der Waals surface area (Å²) in [6.07, 6.45) is 2.68. The lowest BCUT2D eigenvalue weighted by Crippen LogP contribution is -2.37. The van der Waals surface area contributed by atoms with Crippen LogP contribution in [0.1, 0.15) is 49.0 Å². The predicted molar refractivity (Wildman–Crippen MR) is 87.8 cm³/mol. The summed E-state index contributed by atoms with van der Waals surface area (Å²) in [7, 11) is 0. The van der Waals surface area contributed by atoms with Crippen molar-refractivity contribution in [2.75, 3.05) is 19.7 Å². The predicted octanol–water partition coefficient (Wildman–Crippen LogP) is 2.72. The minimum atomic E-state index is -0.307. The Morgan fingerprint density at radius 2 is 1.96 bits per heavy atom. The number of nitriles is 1. The van der Waals surface area contributed by atoms with E-state index in [0.717, 1.165) is 24.8 Å². The molecule has 0 radical (unpaired) electrons. The number of likely N-dealkylation sites (tertiary alicyclic amines) is 1. The molecule has 1 saturated carbocycles. The topological polar surface area (TPSA) is 64.3 Å². The first-order chi connectivity index (χ1) is 11.0. The average molecular weight is 312 g/mol. The molecular weight excluding hydrogens is 288 g/mol. The number of aliphatic hydroxyl groups is 1. The Morgan fingerprint density at radius 1 is 1.30 bits per heavy atom. The average Bonchev–Trinajstić information content (AvgIpc) is 3.25. The molecule has 1 aromatic carbocycles. The summed E-state index contributed by atoms with van der Waals surface area (Å²) in [6, 6.07) is 9.89. The molecule has 1 heterocycles. The molecule has 1 unspecified atom stereocenters. The van der Waals surface area contributed by atoms with Crippen molar-refractivity contribution in [2.24, 2.45) is 11.3 Å². The SMILES string of the molecule is CC(C)C1(CO)CCN(C(=O)c2ccc(C3(C#N)CC3)cc2)C1. The van der Waals surface area contributed by atoms with E-state index in [1.54, 1.807) is 0 Å². The number of hydrogen-bond acceptors (Lipinski definition) is 3. The van der Waals surface area contributed by atoms with Crippen LogP contribution in [0.2, 0.25) is 0 Å². The molecule has 4 heteroatoms. The molecule has 0 aromatic heterocycles. The van der Waals surface area contributed by atoms with Gasteiger partial charge in [0.15, 0.2) is 0 Å². The molecule has 1 aromatic rings. The third kappa shape index (κ3) is 2.64. The van der Waals surface area contributed by atoms with Crippen molar-refractivity contribution >= 4 is 5.91 Å². The molecule has 23 heavy (non-hydrogen) atoms. The number of benzene rings is 1. The van der Waals surface area contributed by atoms with Gasteiger partial charge in [0.1, 0.15) is 0 Å². The van der Waals surface area contributed by atoms with Gasteiger partial charge in [-0.25, -0.2) is 0 Å². The summed E-state index contributed by atoms with van der Waals surface area (Å²) in [5.41, 5.74) is 1.21. The van der Waals surface area contributed by atoms with E-state index >= 15 is 0 Å². The van der Waals surface area contributed by atoms with E-state index in [1.165, 1.54) is 0 Å². The van der Waals surface area contributed by atoms with Crippen molar-refractivity contribution in [3.05, 3.63) is 35.4 Å². The van der Waals surface area contributed by atoms with Crippen LogP contribution in [-0.2, 0) is 5.41 Å². The molecule has 3 rings (SSSR count). The largest absolute Gasteiger partial charge is 0.396 e. The molecule has 122 valence electrons. The van der Waals surface area contributed by atoms with Gasteiger partial charge in [0, 0.05) is 24.1 Å². The van der Waals surface area contributed by atoms with Gasteiger partial charge in [-0.15, -0.1) is 0 Å². The Hall–Kier alpha value is -1.86. The number of hydrogen-bond donors (Lipinski definition) is 1. The Kier molecular flexibility index (Phi) is 3.93. The summed E-state index contributed by atoms with van der Waals surface area (Å²) in [5.74, 6) is 0.368. The first kappa shape index (κ1) is 16.0. The highest BCUT2D eigenvalue weighted by Crippen LogP contribution is 2.47. The van der Waals surface area contributed by atoms with E-state index in [1.807, 2.05) is 29.2 Å². The summed E-state index contributed by atoms with van der Waals surface area (Å²) in [6.45, 7) is 5.65. The lowest BCUT2D eigenvalue weighted by atomic mass is 9.77. The van der Waals surface area contributed by atoms with Crippen molar-refractivity contribution in [2.45, 2.75) is 38.5 Å². The zero-order valence-electron chi connectivity index (χ0n) is 13.9.